The summed E-state index contributed by atoms with van der Waals surface area (Å²) in [5, 5.41) is 5.78. The van der Waals surface area contributed by atoms with Crippen LogP contribution >= 0.6 is 0 Å². The van der Waals surface area contributed by atoms with Gasteiger partial charge < -0.3 is 0 Å². The molecule has 0 unspecified atom stereocenters. The molecule has 4 nitrogen and oxygen atoms in total. The average molecular weight is 765 g/mol. The van der Waals surface area contributed by atoms with Crippen LogP contribution in [0.25, 0.3) is 111 Å². The molecule has 4 heteroatoms. The number of nitrogens with zero attached hydrogens (tertiary/aromatic N) is 4. The fourth-order valence-corrected chi connectivity index (χ4v) is 8.24. The van der Waals surface area contributed by atoms with Crippen LogP contribution in [-0.2, 0) is 0 Å². The third-order valence-corrected chi connectivity index (χ3v) is 11.3. The molecule has 0 atom stereocenters. The smallest absolute Gasteiger partial charge is 0.160 e. The maximum atomic E-state index is 5.40. The van der Waals surface area contributed by atoms with E-state index in [1.54, 1.807) is 0 Å². The third kappa shape index (κ3) is 6.56. The zero-order valence-electron chi connectivity index (χ0n) is 32.6. The Morgan fingerprint density at radius 1 is 0.250 bits per heavy atom. The number of rotatable bonds is 7. The van der Waals surface area contributed by atoms with Crippen molar-refractivity contribution in [2.45, 2.75) is 0 Å². The van der Waals surface area contributed by atoms with Gasteiger partial charge in [-0.3, -0.25) is 0 Å². The highest BCUT2D eigenvalue weighted by Gasteiger charge is 2.18. The Bertz CT molecular complexity index is 3330. The summed E-state index contributed by atoms with van der Waals surface area (Å²) in [4.78, 5) is 20.8. The normalized spacial score (nSPS) is 11.3. The van der Waals surface area contributed by atoms with E-state index in [-0.39, 0.29) is 0 Å². The molecule has 0 bridgehead atoms. The average Bonchev–Trinajstić information content (AvgIpc) is 3.34. The van der Waals surface area contributed by atoms with Gasteiger partial charge >= 0.3 is 0 Å². The molecule has 0 N–H and O–H groups in total. The molecule has 11 rings (SSSR count). The maximum absolute atomic E-state index is 5.40. The summed E-state index contributed by atoms with van der Waals surface area (Å²) in [6.45, 7) is 0. The number of hydrogen-bond acceptors (Lipinski definition) is 4. The van der Waals surface area contributed by atoms with Gasteiger partial charge in [0.2, 0.25) is 0 Å². The van der Waals surface area contributed by atoms with Crippen molar-refractivity contribution >= 4 is 32.4 Å². The first kappa shape index (κ1) is 35.1. The van der Waals surface area contributed by atoms with Crippen molar-refractivity contribution < 1.29 is 0 Å². The van der Waals surface area contributed by atoms with Crippen LogP contribution in [0.15, 0.2) is 218 Å². The van der Waals surface area contributed by atoms with Crippen molar-refractivity contribution in [1.29, 1.82) is 0 Å². The Labute approximate surface area is 348 Å². The summed E-state index contributed by atoms with van der Waals surface area (Å²) in [6, 6.07) is 76.3. The minimum atomic E-state index is 0.665. The molecule has 0 saturated carbocycles. The molecule has 0 aliphatic heterocycles. The molecule has 0 spiro atoms. The molecule has 9 aromatic carbocycles. The second-order valence-corrected chi connectivity index (χ2v) is 15.0. The molecule has 280 valence electrons. The summed E-state index contributed by atoms with van der Waals surface area (Å²) >= 11 is 0. The third-order valence-electron chi connectivity index (χ3n) is 11.3. The van der Waals surface area contributed by atoms with Gasteiger partial charge in [0, 0.05) is 33.2 Å². The first-order valence-electron chi connectivity index (χ1n) is 20.2. The first-order valence-corrected chi connectivity index (χ1v) is 20.2. The first-order chi connectivity index (χ1) is 29.7. The quantitative estimate of drug-likeness (QED) is 0.152. The second-order valence-electron chi connectivity index (χ2n) is 15.0. The van der Waals surface area contributed by atoms with Gasteiger partial charge in [-0.2, -0.15) is 0 Å². The summed E-state index contributed by atoms with van der Waals surface area (Å²) in [5.74, 6) is 1.34. The highest BCUT2D eigenvalue weighted by Crippen LogP contribution is 2.39. The van der Waals surface area contributed by atoms with E-state index in [4.69, 9.17) is 19.9 Å². The van der Waals surface area contributed by atoms with Gasteiger partial charge in [0.25, 0.3) is 0 Å². The highest BCUT2D eigenvalue weighted by molar-refractivity contribution is 6.15. The molecule has 2 aromatic heterocycles. The highest BCUT2D eigenvalue weighted by atomic mass is 14.9. The summed E-state index contributed by atoms with van der Waals surface area (Å²) in [5.41, 5.74) is 13.1. The van der Waals surface area contributed by atoms with Gasteiger partial charge in [0.1, 0.15) is 0 Å². The lowest BCUT2D eigenvalue weighted by atomic mass is 9.93. The lowest BCUT2D eigenvalue weighted by Crippen LogP contribution is -1.97. The molecule has 60 heavy (non-hydrogen) atoms. The lowest BCUT2D eigenvalue weighted by molar-refractivity contribution is 1.18. The van der Waals surface area contributed by atoms with Crippen LogP contribution < -0.4 is 0 Å². The largest absolute Gasteiger partial charge is 0.228 e. The van der Waals surface area contributed by atoms with E-state index in [1.165, 1.54) is 21.7 Å². The Morgan fingerprint density at radius 2 is 0.700 bits per heavy atom. The van der Waals surface area contributed by atoms with E-state index in [0.29, 0.717) is 11.6 Å². The van der Waals surface area contributed by atoms with Crippen LogP contribution in [0.2, 0.25) is 0 Å². The van der Waals surface area contributed by atoms with E-state index in [1.807, 2.05) is 30.3 Å². The van der Waals surface area contributed by atoms with Crippen molar-refractivity contribution in [3.05, 3.63) is 218 Å². The molecular formula is C56H36N4. The minimum absolute atomic E-state index is 0.665. The predicted molar refractivity (Wildman–Crippen MR) is 248 cm³/mol. The molecule has 0 aliphatic carbocycles. The van der Waals surface area contributed by atoms with Crippen molar-refractivity contribution in [2.24, 2.45) is 0 Å². The molecule has 0 saturated heterocycles. The second kappa shape index (κ2) is 15.0. The molecule has 0 aliphatic rings. The van der Waals surface area contributed by atoms with Gasteiger partial charge in [-0.15, -0.1) is 0 Å². The van der Waals surface area contributed by atoms with Crippen LogP contribution in [0.4, 0.5) is 0 Å². The number of hydrogen-bond donors (Lipinski definition) is 0. The Hall–Kier alpha value is -8.08. The van der Waals surface area contributed by atoms with E-state index in [2.05, 4.69) is 188 Å². The van der Waals surface area contributed by atoms with E-state index in [9.17, 15) is 0 Å². The molecule has 0 fully saturated rings. The van der Waals surface area contributed by atoms with Crippen LogP contribution in [0.5, 0.6) is 0 Å². The lowest BCUT2D eigenvalue weighted by Gasteiger charge is -2.15. The summed E-state index contributed by atoms with van der Waals surface area (Å²) < 4.78 is 0. The van der Waals surface area contributed by atoms with Crippen LogP contribution in [0, 0.1) is 0 Å². The van der Waals surface area contributed by atoms with Gasteiger partial charge in [-0.1, -0.05) is 194 Å². The standard InChI is InChI=1S/C56H36N4/c1-4-14-37(15-5-1)39-24-26-40(27-25-39)51-36-52(58-55(57-51)42-18-8-3-9-19-42)41-28-30-43(31-29-41)56-59-53-35-44(38-16-6-2-7-17-38)32-33-49(53)54(60-56)50-34-45-20-10-11-21-46(45)47-22-12-13-23-48(47)50/h1-36H. The van der Waals surface area contributed by atoms with E-state index < -0.39 is 0 Å². The zero-order valence-corrected chi connectivity index (χ0v) is 32.6. The van der Waals surface area contributed by atoms with Crippen LogP contribution in [0.3, 0.4) is 0 Å². The molecular weight excluding hydrogens is 729 g/mol. The minimum Gasteiger partial charge on any atom is -0.228 e. The molecule has 0 radical (unpaired) electrons. The molecule has 2 heterocycles. The number of aromatic nitrogens is 4. The van der Waals surface area contributed by atoms with Crippen molar-refractivity contribution in [3.63, 3.8) is 0 Å². The zero-order chi connectivity index (χ0) is 39.8. The molecule has 11 aromatic rings. The fraction of sp³-hybridized carbons (Fsp3) is 0. The van der Waals surface area contributed by atoms with Gasteiger partial charge in [0.15, 0.2) is 11.6 Å². The summed E-state index contributed by atoms with van der Waals surface area (Å²) in [7, 11) is 0. The fourth-order valence-electron chi connectivity index (χ4n) is 8.24. The molecule has 0 amide bonds. The monoisotopic (exact) mass is 764 g/mol. The van der Waals surface area contributed by atoms with Crippen molar-refractivity contribution in [1.82, 2.24) is 19.9 Å². The van der Waals surface area contributed by atoms with Crippen molar-refractivity contribution in [2.75, 3.05) is 0 Å². The number of benzene rings is 9. The van der Waals surface area contributed by atoms with Gasteiger partial charge in [-0.25, -0.2) is 19.9 Å². The Morgan fingerprint density at radius 3 is 1.35 bits per heavy atom. The SMILES string of the molecule is c1ccc(-c2ccc(-c3cc(-c4ccc(-c5nc(-c6cc7ccccc7c7ccccc67)c6ccc(-c7ccccc7)cc6n5)cc4)nc(-c4ccccc4)n3)cc2)cc1. The maximum Gasteiger partial charge on any atom is 0.160 e. The Balaban J connectivity index is 1.04. The summed E-state index contributed by atoms with van der Waals surface area (Å²) in [6.07, 6.45) is 0. The Kier molecular flexibility index (Phi) is 8.79. The number of fused-ring (bicyclic) bond motifs is 4. The van der Waals surface area contributed by atoms with Crippen LogP contribution in [0.1, 0.15) is 0 Å². The van der Waals surface area contributed by atoms with Crippen molar-refractivity contribution in [3.8, 4) is 78.8 Å². The van der Waals surface area contributed by atoms with E-state index in [0.717, 1.165) is 77.9 Å². The van der Waals surface area contributed by atoms with Gasteiger partial charge in [0.05, 0.1) is 22.6 Å². The van der Waals surface area contributed by atoms with Gasteiger partial charge in [-0.05, 0) is 68.1 Å². The van der Waals surface area contributed by atoms with E-state index >= 15 is 0 Å². The van der Waals surface area contributed by atoms with Crippen LogP contribution in [-0.4, -0.2) is 19.9 Å². The predicted octanol–water partition coefficient (Wildman–Crippen LogP) is 14.4. The topological polar surface area (TPSA) is 51.6 Å².